The zero-order chi connectivity index (χ0) is 26.9. The number of alkyl halides is 3. The zero-order valence-electron chi connectivity index (χ0n) is 19.4. The summed E-state index contributed by atoms with van der Waals surface area (Å²) in [4.78, 5) is 27.6. The number of aliphatic hydroxyl groups excluding tert-OH is 1. The van der Waals surface area contributed by atoms with Gasteiger partial charge in [-0.05, 0) is 60.2 Å². The van der Waals surface area contributed by atoms with Crippen LogP contribution in [0.1, 0.15) is 17.2 Å². The Morgan fingerprint density at radius 2 is 1.65 bits per heavy atom. The fraction of sp³-hybridized carbons (Fsp3) is 0.154. The number of aliphatic hydroxyl groups is 1. The molecular weight excluding hydrogens is 515 g/mol. The molecule has 37 heavy (non-hydrogen) atoms. The fourth-order valence-electron chi connectivity index (χ4n) is 4.00. The molecule has 1 saturated heterocycles. The lowest BCUT2D eigenvalue weighted by atomic mass is 9.95. The minimum Gasteiger partial charge on any atom is -0.507 e. The summed E-state index contributed by atoms with van der Waals surface area (Å²) in [5.74, 6) is -2.31. The molecular formula is C26H19ClF3NO6. The van der Waals surface area contributed by atoms with Gasteiger partial charge >= 0.3 is 6.36 Å². The molecule has 1 fully saturated rings. The zero-order valence-corrected chi connectivity index (χ0v) is 20.1. The number of ether oxygens (including phenoxy) is 3. The van der Waals surface area contributed by atoms with Gasteiger partial charge < -0.3 is 19.3 Å². The maximum absolute atomic E-state index is 13.2. The molecule has 0 aromatic heterocycles. The molecule has 1 N–H and O–H groups in total. The van der Waals surface area contributed by atoms with E-state index in [1.807, 2.05) is 0 Å². The average molecular weight is 534 g/mol. The monoisotopic (exact) mass is 533 g/mol. The number of nitrogens with zero attached hydrogens (tertiary/aromatic N) is 1. The third-order valence-electron chi connectivity index (χ3n) is 5.63. The Hall–Kier alpha value is -4.18. The molecule has 0 radical (unpaired) electrons. The molecule has 1 aliphatic heterocycles. The van der Waals surface area contributed by atoms with E-state index in [4.69, 9.17) is 21.1 Å². The van der Waals surface area contributed by atoms with Crippen LogP contribution in [0.25, 0.3) is 5.76 Å². The SMILES string of the molecule is COc1cccc(C2/C(=C(/O)c3ccc(Cl)c(OC)c3)C(=O)C(=O)N2c2ccc(OC(F)(F)F)cc2)c1. The van der Waals surface area contributed by atoms with Gasteiger partial charge in [0.1, 0.15) is 23.0 Å². The van der Waals surface area contributed by atoms with E-state index >= 15 is 0 Å². The van der Waals surface area contributed by atoms with Gasteiger partial charge in [0.2, 0.25) is 0 Å². The van der Waals surface area contributed by atoms with Crippen LogP contribution in [-0.4, -0.2) is 37.4 Å². The summed E-state index contributed by atoms with van der Waals surface area (Å²) in [6.07, 6.45) is -4.90. The van der Waals surface area contributed by atoms with Crippen LogP contribution < -0.4 is 19.1 Å². The van der Waals surface area contributed by atoms with Gasteiger partial charge in [0.25, 0.3) is 11.7 Å². The predicted molar refractivity (Wildman–Crippen MR) is 129 cm³/mol. The second-order valence-electron chi connectivity index (χ2n) is 7.84. The molecule has 1 heterocycles. The van der Waals surface area contributed by atoms with Gasteiger partial charge in [0, 0.05) is 11.3 Å². The van der Waals surface area contributed by atoms with Crippen molar-refractivity contribution in [2.45, 2.75) is 12.4 Å². The third-order valence-corrected chi connectivity index (χ3v) is 5.94. The van der Waals surface area contributed by atoms with Crippen LogP contribution in [-0.2, 0) is 9.59 Å². The molecule has 7 nitrogen and oxygen atoms in total. The van der Waals surface area contributed by atoms with Gasteiger partial charge in [-0.25, -0.2) is 0 Å². The second kappa shape index (κ2) is 10.1. The van der Waals surface area contributed by atoms with Gasteiger partial charge in [-0.15, -0.1) is 13.2 Å². The number of amides is 1. The Balaban J connectivity index is 1.88. The largest absolute Gasteiger partial charge is 0.573 e. The summed E-state index contributed by atoms with van der Waals surface area (Å²) >= 11 is 6.08. The van der Waals surface area contributed by atoms with Crippen LogP contribution in [0.2, 0.25) is 5.02 Å². The molecule has 1 aliphatic rings. The van der Waals surface area contributed by atoms with Gasteiger partial charge in [0.05, 0.1) is 30.9 Å². The van der Waals surface area contributed by atoms with E-state index in [9.17, 15) is 27.9 Å². The minimum atomic E-state index is -4.90. The van der Waals surface area contributed by atoms with E-state index in [1.54, 1.807) is 24.3 Å². The van der Waals surface area contributed by atoms with Crippen LogP contribution in [0, 0.1) is 0 Å². The number of carbonyl (C=O) groups excluding carboxylic acids is 2. The molecule has 3 aromatic carbocycles. The highest BCUT2D eigenvalue weighted by Gasteiger charge is 2.47. The summed E-state index contributed by atoms with van der Waals surface area (Å²) in [6.45, 7) is 0. The van der Waals surface area contributed by atoms with Crippen LogP contribution in [0.4, 0.5) is 18.9 Å². The van der Waals surface area contributed by atoms with Crippen molar-refractivity contribution in [3.05, 3.63) is 88.5 Å². The molecule has 0 bridgehead atoms. The number of methoxy groups -OCH3 is 2. The lowest BCUT2D eigenvalue weighted by molar-refractivity contribution is -0.274. The van der Waals surface area contributed by atoms with Crippen LogP contribution in [0.5, 0.6) is 17.2 Å². The smallest absolute Gasteiger partial charge is 0.507 e. The molecule has 1 amide bonds. The highest BCUT2D eigenvalue weighted by Crippen LogP contribution is 2.43. The van der Waals surface area contributed by atoms with Crippen LogP contribution >= 0.6 is 11.6 Å². The molecule has 1 unspecified atom stereocenters. The first kappa shape index (κ1) is 25.9. The quantitative estimate of drug-likeness (QED) is 0.242. The van der Waals surface area contributed by atoms with Crippen molar-refractivity contribution < 1.29 is 42.1 Å². The number of anilines is 1. The number of ketones is 1. The van der Waals surface area contributed by atoms with E-state index in [0.29, 0.717) is 11.3 Å². The van der Waals surface area contributed by atoms with Gasteiger partial charge in [-0.2, -0.15) is 0 Å². The van der Waals surface area contributed by atoms with Gasteiger partial charge in [-0.1, -0.05) is 23.7 Å². The molecule has 0 saturated carbocycles. The van der Waals surface area contributed by atoms with Gasteiger partial charge in [0.15, 0.2) is 0 Å². The van der Waals surface area contributed by atoms with E-state index in [-0.39, 0.29) is 27.6 Å². The molecule has 192 valence electrons. The van der Waals surface area contributed by atoms with Crippen molar-refractivity contribution in [2.24, 2.45) is 0 Å². The van der Waals surface area contributed by atoms with E-state index in [0.717, 1.165) is 17.0 Å². The maximum atomic E-state index is 13.2. The summed E-state index contributed by atoms with van der Waals surface area (Å²) in [5.41, 5.74) is 0.452. The first-order chi connectivity index (χ1) is 17.5. The molecule has 11 heteroatoms. The second-order valence-corrected chi connectivity index (χ2v) is 8.24. The van der Waals surface area contributed by atoms with Crippen molar-refractivity contribution in [1.82, 2.24) is 0 Å². The predicted octanol–water partition coefficient (Wildman–Crippen LogP) is 5.88. The average Bonchev–Trinajstić information content (AvgIpc) is 3.13. The summed E-state index contributed by atoms with van der Waals surface area (Å²) in [6, 6.07) is 14.2. The number of hydrogen-bond donors (Lipinski definition) is 1. The van der Waals surface area contributed by atoms with Gasteiger partial charge in [-0.3, -0.25) is 14.5 Å². The number of hydrogen-bond acceptors (Lipinski definition) is 6. The summed E-state index contributed by atoms with van der Waals surface area (Å²) in [5, 5.41) is 11.5. The molecule has 0 spiro atoms. The molecule has 0 aliphatic carbocycles. The number of benzene rings is 3. The first-order valence-corrected chi connectivity index (χ1v) is 11.1. The molecule has 1 atom stereocenters. The fourth-order valence-corrected chi connectivity index (χ4v) is 4.19. The summed E-state index contributed by atoms with van der Waals surface area (Å²) in [7, 11) is 2.82. The third kappa shape index (κ3) is 5.19. The highest BCUT2D eigenvalue weighted by atomic mass is 35.5. The van der Waals surface area contributed by atoms with E-state index in [1.165, 1.54) is 44.6 Å². The van der Waals surface area contributed by atoms with Crippen molar-refractivity contribution in [1.29, 1.82) is 0 Å². The van der Waals surface area contributed by atoms with E-state index < -0.39 is 35.6 Å². The Kier molecular flexibility index (Phi) is 7.04. The Labute approximate surface area is 214 Å². The van der Waals surface area contributed by atoms with E-state index in [2.05, 4.69) is 4.74 Å². The molecule has 4 rings (SSSR count). The van der Waals surface area contributed by atoms with Crippen molar-refractivity contribution in [3.8, 4) is 17.2 Å². The van der Waals surface area contributed by atoms with Crippen molar-refractivity contribution in [3.63, 3.8) is 0 Å². The Morgan fingerprint density at radius 1 is 0.946 bits per heavy atom. The lowest BCUT2D eigenvalue weighted by Gasteiger charge is -2.26. The van der Waals surface area contributed by atoms with Crippen molar-refractivity contribution >= 4 is 34.7 Å². The summed E-state index contributed by atoms with van der Waals surface area (Å²) < 4.78 is 52.2. The Morgan fingerprint density at radius 3 is 2.27 bits per heavy atom. The highest BCUT2D eigenvalue weighted by molar-refractivity contribution is 6.51. The number of rotatable bonds is 6. The first-order valence-electron chi connectivity index (χ1n) is 10.7. The van der Waals surface area contributed by atoms with Crippen LogP contribution in [0.3, 0.4) is 0 Å². The molecule has 3 aromatic rings. The Bertz CT molecular complexity index is 1390. The van der Waals surface area contributed by atoms with Crippen LogP contribution in [0.15, 0.2) is 72.3 Å². The number of Topliss-reactive ketones (excluding diaryl/α,β-unsaturated/α-hetero) is 1. The normalized spacial score (nSPS) is 17.1. The number of halogens is 4. The topological polar surface area (TPSA) is 85.3 Å². The lowest BCUT2D eigenvalue weighted by Crippen LogP contribution is -2.29. The standard InChI is InChI=1S/C26H19ClF3NO6/c1-35-18-5-3-4-14(12-18)22-21(23(32)15-6-11-19(27)20(13-15)36-2)24(33)25(34)31(22)16-7-9-17(10-8-16)37-26(28,29)30/h3-13,22,32H,1-2H3/b23-21-. The maximum Gasteiger partial charge on any atom is 0.573 e. The minimum absolute atomic E-state index is 0.109. The number of carbonyl (C=O) groups is 2. The van der Waals surface area contributed by atoms with Crippen molar-refractivity contribution in [2.75, 3.05) is 19.1 Å².